The number of fused-ring (bicyclic) bond motifs is 2. The molecule has 0 aliphatic carbocycles. The molecule has 0 saturated carbocycles. The van der Waals surface area contributed by atoms with Crippen LogP contribution in [0.5, 0.6) is 0 Å². The first-order valence-electron chi connectivity index (χ1n) is 11.5. The van der Waals surface area contributed by atoms with Crippen LogP contribution in [-0.4, -0.2) is 28.1 Å². The van der Waals surface area contributed by atoms with Crippen molar-refractivity contribution in [2.24, 2.45) is 0 Å². The predicted molar refractivity (Wildman–Crippen MR) is 139 cm³/mol. The number of carbonyl (C=O) groups is 2. The fourth-order valence-electron chi connectivity index (χ4n) is 4.87. The number of nitrogens with one attached hydrogen (secondary N) is 1. The van der Waals surface area contributed by atoms with Gasteiger partial charge in [-0.2, -0.15) is 0 Å². The summed E-state index contributed by atoms with van der Waals surface area (Å²) in [5.41, 5.74) is 5.73. The summed E-state index contributed by atoms with van der Waals surface area (Å²) in [5, 5.41) is 3.03. The van der Waals surface area contributed by atoms with Gasteiger partial charge in [-0.15, -0.1) is 11.8 Å². The van der Waals surface area contributed by atoms with Crippen molar-refractivity contribution in [2.75, 3.05) is 16.8 Å². The van der Waals surface area contributed by atoms with E-state index in [-0.39, 0.29) is 16.7 Å². The van der Waals surface area contributed by atoms with E-state index in [1.807, 2.05) is 85.5 Å². The molecule has 1 atom stereocenters. The second-order valence-corrected chi connectivity index (χ2v) is 11.7. The summed E-state index contributed by atoms with van der Waals surface area (Å²) in [4.78, 5) is 30.4. The lowest BCUT2D eigenvalue weighted by atomic mass is 10.0. The van der Waals surface area contributed by atoms with Gasteiger partial charge in [0, 0.05) is 22.5 Å². The quantitative estimate of drug-likeness (QED) is 0.505. The van der Waals surface area contributed by atoms with Gasteiger partial charge < -0.3 is 10.2 Å². The summed E-state index contributed by atoms with van der Waals surface area (Å²) in [6, 6.07) is 23.6. The van der Waals surface area contributed by atoms with E-state index in [0.717, 1.165) is 33.6 Å². The molecule has 3 amide bonds. The Morgan fingerprint density at radius 3 is 2.35 bits per heavy atom. The third-order valence-corrected chi connectivity index (χ3v) is 8.01. The molecule has 5 rings (SSSR count). The van der Waals surface area contributed by atoms with Gasteiger partial charge in [0.15, 0.2) is 4.87 Å². The lowest BCUT2D eigenvalue weighted by molar-refractivity contribution is -0.123. The summed E-state index contributed by atoms with van der Waals surface area (Å²) in [6.07, 6.45) is 0. The number of urea groups is 1. The highest BCUT2D eigenvalue weighted by atomic mass is 32.2. The average Bonchev–Trinajstić information content (AvgIpc) is 3.22. The molecule has 0 unspecified atom stereocenters. The van der Waals surface area contributed by atoms with Crippen molar-refractivity contribution in [3.8, 4) is 0 Å². The van der Waals surface area contributed by atoms with Crippen molar-refractivity contribution in [3.05, 3.63) is 95.1 Å². The van der Waals surface area contributed by atoms with Crippen molar-refractivity contribution < 1.29 is 9.59 Å². The van der Waals surface area contributed by atoms with Crippen LogP contribution in [0.25, 0.3) is 0 Å². The molecule has 1 fully saturated rings. The molecule has 5 nitrogen and oxygen atoms in total. The Hall–Kier alpha value is -3.25. The molecule has 174 valence electrons. The van der Waals surface area contributed by atoms with E-state index in [1.165, 1.54) is 0 Å². The highest BCUT2D eigenvalue weighted by Gasteiger charge is 2.63. The summed E-state index contributed by atoms with van der Waals surface area (Å²) in [6.45, 7) is 9.17. The van der Waals surface area contributed by atoms with Gasteiger partial charge >= 0.3 is 6.03 Å². The summed E-state index contributed by atoms with van der Waals surface area (Å²) in [5.74, 6) is -0.0633. The first-order valence-corrected chi connectivity index (χ1v) is 12.3. The van der Waals surface area contributed by atoms with Gasteiger partial charge in [-0.3, -0.25) is 9.69 Å². The van der Waals surface area contributed by atoms with Crippen LogP contribution < -0.4 is 10.2 Å². The molecular weight excluding hydrogens is 442 g/mol. The van der Waals surface area contributed by atoms with Gasteiger partial charge in [0.05, 0.1) is 12.2 Å². The van der Waals surface area contributed by atoms with Gasteiger partial charge in [-0.25, -0.2) is 4.79 Å². The Labute approximate surface area is 205 Å². The smallest absolute Gasteiger partial charge is 0.308 e. The average molecular weight is 472 g/mol. The lowest BCUT2D eigenvalue weighted by Crippen LogP contribution is -2.51. The summed E-state index contributed by atoms with van der Waals surface area (Å²) >= 11 is 1.57. The third-order valence-electron chi connectivity index (χ3n) is 6.42. The molecule has 3 aromatic rings. The Kier molecular flexibility index (Phi) is 5.44. The Bertz CT molecular complexity index is 1260. The minimum atomic E-state index is -1.10. The molecule has 0 bridgehead atoms. The topological polar surface area (TPSA) is 52.7 Å². The Morgan fingerprint density at radius 1 is 0.971 bits per heavy atom. The first kappa shape index (κ1) is 22.5. The minimum absolute atomic E-state index is 0.0633. The number of nitrogens with zero attached hydrogens (tertiary/aromatic N) is 2. The maximum atomic E-state index is 14.3. The molecule has 34 heavy (non-hydrogen) atoms. The molecule has 0 aromatic heterocycles. The number of thioether (sulfide) groups is 1. The molecule has 3 aromatic carbocycles. The van der Waals surface area contributed by atoms with Crippen LogP contribution in [0.15, 0.2) is 72.8 Å². The number of amides is 3. The van der Waals surface area contributed by atoms with Crippen molar-refractivity contribution in [1.29, 1.82) is 0 Å². The van der Waals surface area contributed by atoms with Crippen LogP contribution in [0.3, 0.4) is 0 Å². The Balaban J connectivity index is 1.58. The maximum absolute atomic E-state index is 14.3. The monoisotopic (exact) mass is 471 g/mol. The molecule has 1 spiro atoms. The summed E-state index contributed by atoms with van der Waals surface area (Å²) < 4.78 is -0.288. The maximum Gasteiger partial charge on any atom is 0.323 e. The fourth-order valence-corrected chi connectivity index (χ4v) is 6.59. The fraction of sp³-hybridized carbons (Fsp3) is 0.286. The van der Waals surface area contributed by atoms with E-state index < -0.39 is 4.87 Å². The molecule has 2 aliphatic heterocycles. The van der Waals surface area contributed by atoms with Crippen LogP contribution in [0, 0.1) is 13.8 Å². The second kappa shape index (κ2) is 8.20. The summed E-state index contributed by atoms with van der Waals surface area (Å²) in [7, 11) is 0. The number of hydrogen-bond donors (Lipinski definition) is 1. The van der Waals surface area contributed by atoms with E-state index in [0.29, 0.717) is 13.1 Å². The highest BCUT2D eigenvalue weighted by Crippen LogP contribution is 2.60. The van der Waals surface area contributed by atoms with Crippen LogP contribution in [0.1, 0.15) is 36.1 Å². The van der Waals surface area contributed by atoms with Crippen LogP contribution >= 0.6 is 11.8 Å². The molecule has 0 radical (unpaired) electrons. The normalized spacial score (nSPS) is 20.6. The van der Waals surface area contributed by atoms with E-state index in [2.05, 4.69) is 25.2 Å². The number of carbonyl (C=O) groups excluding carboxylic acids is 2. The van der Waals surface area contributed by atoms with E-state index in [9.17, 15) is 9.59 Å². The highest BCUT2D eigenvalue weighted by molar-refractivity contribution is 8.02. The van der Waals surface area contributed by atoms with Crippen molar-refractivity contribution in [2.45, 2.75) is 43.9 Å². The van der Waals surface area contributed by atoms with Gasteiger partial charge in [0.2, 0.25) is 0 Å². The second-order valence-electron chi connectivity index (χ2n) is 9.79. The zero-order valence-electron chi connectivity index (χ0n) is 20.0. The van der Waals surface area contributed by atoms with E-state index in [4.69, 9.17) is 0 Å². The van der Waals surface area contributed by atoms with Crippen LogP contribution in [0.4, 0.5) is 16.2 Å². The lowest BCUT2D eigenvalue weighted by Gasteiger charge is -2.33. The Morgan fingerprint density at radius 2 is 1.65 bits per heavy atom. The van der Waals surface area contributed by atoms with Gasteiger partial charge in [0.25, 0.3) is 5.91 Å². The van der Waals surface area contributed by atoms with Gasteiger partial charge in [-0.1, -0.05) is 65.7 Å². The molecular formula is C28H29N3O2S. The predicted octanol–water partition coefficient (Wildman–Crippen LogP) is 6.06. The van der Waals surface area contributed by atoms with Crippen LogP contribution in [0.2, 0.25) is 0 Å². The molecule has 6 heteroatoms. The third kappa shape index (κ3) is 3.76. The van der Waals surface area contributed by atoms with E-state index >= 15 is 0 Å². The van der Waals surface area contributed by atoms with E-state index in [1.54, 1.807) is 16.7 Å². The van der Waals surface area contributed by atoms with Crippen LogP contribution in [-0.2, 0) is 16.2 Å². The van der Waals surface area contributed by atoms with Crippen molar-refractivity contribution in [1.82, 2.24) is 4.90 Å². The number of aryl methyl sites for hydroxylation is 2. The number of rotatable bonds is 3. The zero-order valence-corrected chi connectivity index (χ0v) is 20.8. The van der Waals surface area contributed by atoms with Crippen molar-refractivity contribution >= 4 is 35.1 Å². The first-order chi connectivity index (χ1) is 16.2. The number of benzene rings is 3. The zero-order chi connectivity index (χ0) is 24.1. The standard InChI is InChI=1S/C28H29N3O2S/c1-19-10-13-22(14-11-19)29-26(33)31-18-27(3,4)34-28(31)23-16-20(2)12-15-24(23)30(25(28)32)17-21-8-6-5-7-9-21/h5-16H,17-18H2,1-4H3,(H,29,33)/t28-/m1/s1. The molecule has 1 N–H and O–H groups in total. The molecule has 2 heterocycles. The number of anilines is 2. The van der Waals surface area contributed by atoms with Gasteiger partial charge in [0.1, 0.15) is 0 Å². The minimum Gasteiger partial charge on any atom is -0.308 e. The van der Waals surface area contributed by atoms with Gasteiger partial charge in [-0.05, 0) is 51.5 Å². The number of hydrogen-bond acceptors (Lipinski definition) is 3. The largest absolute Gasteiger partial charge is 0.323 e. The van der Waals surface area contributed by atoms with Crippen molar-refractivity contribution in [3.63, 3.8) is 0 Å². The molecule has 1 saturated heterocycles. The SMILES string of the molecule is Cc1ccc(NC(=O)N2CC(C)(C)S[C@]23C(=O)N(Cc2ccccc2)c2ccc(C)cc23)cc1. The molecule has 2 aliphatic rings.